The number of oxazole rings is 1. The molecule has 0 aliphatic rings. The van der Waals surface area contributed by atoms with Crippen molar-refractivity contribution in [1.29, 1.82) is 0 Å². The second kappa shape index (κ2) is 4.80. The summed E-state index contributed by atoms with van der Waals surface area (Å²) in [6.45, 7) is 2.49. The van der Waals surface area contributed by atoms with E-state index in [1.807, 2.05) is 31.2 Å². The van der Waals surface area contributed by atoms with Crippen LogP contribution >= 0.6 is 15.9 Å². The first-order valence-corrected chi connectivity index (χ1v) is 5.93. The lowest BCUT2D eigenvalue weighted by molar-refractivity contribution is 0.507. The van der Waals surface area contributed by atoms with Gasteiger partial charge in [-0.05, 0) is 13.0 Å². The van der Waals surface area contributed by atoms with Crippen LogP contribution in [0.3, 0.4) is 0 Å². The highest BCUT2D eigenvalue weighted by atomic mass is 79.9. The lowest BCUT2D eigenvalue weighted by Gasteiger charge is -2.00. The fourth-order valence-corrected chi connectivity index (χ4v) is 2.04. The maximum absolute atomic E-state index is 5.70. The molecule has 2 rings (SSSR count). The van der Waals surface area contributed by atoms with Crippen LogP contribution in [0.1, 0.15) is 11.6 Å². The Morgan fingerprint density at radius 3 is 2.81 bits per heavy atom. The smallest absolute Gasteiger partial charge is 0.196 e. The van der Waals surface area contributed by atoms with Crippen molar-refractivity contribution in [2.75, 3.05) is 6.54 Å². The average Bonchev–Trinajstić information content (AvgIpc) is 2.61. The number of nitrogens with two attached hydrogens (primary N) is 1. The molecule has 2 aromatic rings. The highest BCUT2D eigenvalue weighted by molar-refractivity contribution is 9.10. The third kappa shape index (κ3) is 2.18. The van der Waals surface area contributed by atoms with E-state index in [9.17, 15) is 0 Å². The Morgan fingerprint density at radius 1 is 1.38 bits per heavy atom. The Hall–Kier alpha value is -1.13. The highest BCUT2D eigenvalue weighted by Crippen LogP contribution is 2.30. The number of aryl methyl sites for hydroxylation is 1. The fraction of sp³-hybridized carbons (Fsp3) is 0.250. The van der Waals surface area contributed by atoms with Crippen molar-refractivity contribution in [2.24, 2.45) is 5.73 Å². The van der Waals surface area contributed by atoms with E-state index in [4.69, 9.17) is 10.2 Å². The standard InChI is InChI=1S/C12H13BrN2O/c1-8-12(16-11(15-8)6-7-14)9-4-2-3-5-10(9)13/h2-5H,6-7,14H2,1H3. The third-order valence-electron chi connectivity index (χ3n) is 2.32. The minimum absolute atomic E-state index is 0.551. The van der Waals surface area contributed by atoms with Crippen LogP contribution in [0.5, 0.6) is 0 Å². The van der Waals surface area contributed by atoms with E-state index in [1.165, 1.54) is 0 Å². The number of hydrogen-bond acceptors (Lipinski definition) is 3. The van der Waals surface area contributed by atoms with Gasteiger partial charge in [0.25, 0.3) is 0 Å². The Bertz CT molecular complexity index is 494. The van der Waals surface area contributed by atoms with Crippen LogP contribution in [0.2, 0.25) is 0 Å². The lowest BCUT2D eigenvalue weighted by Crippen LogP contribution is -2.02. The summed E-state index contributed by atoms with van der Waals surface area (Å²) in [5.74, 6) is 1.52. The molecule has 0 radical (unpaired) electrons. The normalized spacial score (nSPS) is 10.7. The van der Waals surface area contributed by atoms with Crippen molar-refractivity contribution in [3.63, 3.8) is 0 Å². The van der Waals surface area contributed by atoms with Gasteiger partial charge in [0.2, 0.25) is 0 Å². The zero-order valence-electron chi connectivity index (χ0n) is 9.03. The summed E-state index contributed by atoms with van der Waals surface area (Å²) in [7, 11) is 0. The van der Waals surface area contributed by atoms with E-state index in [-0.39, 0.29) is 0 Å². The molecule has 1 aromatic carbocycles. The molecule has 4 heteroatoms. The van der Waals surface area contributed by atoms with Gasteiger partial charge in [-0.1, -0.05) is 34.1 Å². The summed E-state index contributed by atoms with van der Waals surface area (Å²) in [5.41, 5.74) is 7.40. The first-order chi connectivity index (χ1) is 7.72. The molecule has 0 atom stereocenters. The maximum Gasteiger partial charge on any atom is 0.196 e. The molecule has 2 N–H and O–H groups in total. The molecule has 0 fully saturated rings. The zero-order valence-corrected chi connectivity index (χ0v) is 10.6. The zero-order chi connectivity index (χ0) is 11.5. The summed E-state index contributed by atoms with van der Waals surface area (Å²) >= 11 is 3.50. The number of hydrogen-bond donors (Lipinski definition) is 1. The van der Waals surface area contributed by atoms with Gasteiger partial charge >= 0.3 is 0 Å². The Balaban J connectivity index is 2.44. The van der Waals surface area contributed by atoms with Crippen LogP contribution in [-0.2, 0) is 6.42 Å². The highest BCUT2D eigenvalue weighted by Gasteiger charge is 2.13. The average molecular weight is 281 g/mol. The second-order valence-corrected chi connectivity index (χ2v) is 4.39. The minimum atomic E-state index is 0.551. The molecule has 0 aliphatic carbocycles. The third-order valence-corrected chi connectivity index (χ3v) is 3.01. The Morgan fingerprint density at radius 2 is 2.12 bits per heavy atom. The van der Waals surface area contributed by atoms with Gasteiger partial charge in [0.1, 0.15) is 0 Å². The summed E-state index contributed by atoms with van der Waals surface area (Å²) in [6.07, 6.45) is 0.672. The predicted molar refractivity (Wildman–Crippen MR) is 67.1 cm³/mol. The van der Waals surface area contributed by atoms with Crippen molar-refractivity contribution < 1.29 is 4.42 Å². The van der Waals surface area contributed by atoms with Crippen molar-refractivity contribution in [1.82, 2.24) is 4.98 Å². The molecule has 0 amide bonds. The Labute approximate surface area is 103 Å². The lowest BCUT2D eigenvalue weighted by atomic mass is 10.1. The van der Waals surface area contributed by atoms with Gasteiger partial charge in [0, 0.05) is 23.0 Å². The van der Waals surface area contributed by atoms with E-state index in [2.05, 4.69) is 20.9 Å². The molecular formula is C12H13BrN2O. The number of rotatable bonds is 3. The largest absolute Gasteiger partial charge is 0.440 e. The van der Waals surface area contributed by atoms with Gasteiger partial charge < -0.3 is 10.2 Å². The minimum Gasteiger partial charge on any atom is -0.440 e. The topological polar surface area (TPSA) is 52.0 Å². The van der Waals surface area contributed by atoms with E-state index in [1.54, 1.807) is 0 Å². The molecule has 16 heavy (non-hydrogen) atoms. The van der Waals surface area contributed by atoms with Crippen LogP contribution in [-0.4, -0.2) is 11.5 Å². The van der Waals surface area contributed by atoms with Gasteiger partial charge in [0.15, 0.2) is 11.7 Å². The van der Waals surface area contributed by atoms with Crippen LogP contribution in [0.15, 0.2) is 33.2 Å². The van der Waals surface area contributed by atoms with E-state index < -0.39 is 0 Å². The molecule has 0 spiro atoms. The van der Waals surface area contributed by atoms with Gasteiger partial charge in [-0.3, -0.25) is 0 Å². The van der Waals surface area contributed by atoms with Crippen molar-refractivity contribution >= 4 is 15.9 Å². The van der Waals surface area contributed by atoms with Crippen LogP contribution in [0.25, 0.3) is 11.3 Å². The quantitative estimate of drug-likeness (QED) is 0.941. The van der Waals surface area contributed by atoms with Crippen molar-refractivity contribution in [3.05, 3.63) is 40.3 Å². The fourth-order valence-electron chi connectivity index (χ4n) is 1.58. The molecule has 0 saturated heterocycles. The number of nitrogens with zero attached hydrogens (tertiary/aromatic N) is 1. The molecule has 1 heterocycles. The van der Waals surface area contributed by atoms with Gasteiger partial charge in [-0.25, -0.2) is 4.98 Å². The monoisotopic (exact) mass is 280 g/mol. The molecule has 0 aliphatic heterocycles. The van der Waals surface area contributed by atoms with Crippen LogP contribution in [0.4, 0.5) is 0 Å². The Kier molecular flexibility index (Phi) is 3.41. The van der Waals surface area contributed by atoms with Crippen LogP contribution < -0.4 is 5.73 Å². The van der Waals surface area contributed by atoms with Crippen molar-refractivity contribution in [3.8, 4) is 11.3 Å². The number of halogens is 1. The van der Waals surface area contributed by atoms with Gasteiger partial charge in [0.05, 0.1) is 5.69 Å². The number of aromatic nitrogens is 1. The van der Waals surface area contributed by atoms with E-state index >= 15 is 0 Å². The molecule has 1 aromatic heterocycles. The SMILES string of the molecule is Cc1nc(CCN)oc1-c1ccccc1Br. The van der Waals surface area contributed by atoms with Crippen LogP contribution in [0, 0.1) is 6.92 Å². The molecule has 3 nitrogen and oxygen atoms in total. The maximum atomic E-state index is 5.70. The first-order valence-electron chi connectivity index (χ1n) is 5.13. The summed E-state index contributed by atoms with van der Waals surface area (Å²) in [6, 6.07) is 7.94. The molecule has 0 saturated carbocycles. The second-order valence-electron chi connectivity index (χ2n) is 3.54. The molecular weight excluding hydrogens is 268 g/mol. The first kappa shape index (κ1) is 11.4. The van der Waals surface area contributed by atoms with Gasteiger partial charge in [-0.2, -0.15) is 0 Å². The molecule has 84 valence electrons. The summed E-state index contributed by atoms with van der Waals surface area (Å²) in [5, 5.41) is 0. The summed E-state index contributed by atoms with van der Waals surface area (Å²) < 4.78 is 6.71. The molecule has 0 unspecified atom stereocenters. The van der Waals surface area contributed by atoms with E-state index in [0.717, 1.165) is 21.5 Å². The predicted octanol–water partition coefficient (Wildman–Crippen LogP) is 2.91. The van der Waals surface area contributed by atoms with Gasteiger partial charge in [-0.15, -0.1) is 0 Å². The van der Waals surface area contributed by atoms with Crippen molar-refractivity contribution in [2.45, 2.75) is 13.3 Å². The molecule has 0 bridgehead atoms. The van der Waals surface area contributed by atoms with E-state index in [0.29, 0.717) is 18.9 Å². The summed E-state index contributed by atoms with van der Waals surface area (Å²) in [4.78, 5) is 4.35. The number of benzene rings is 1.